The van der Waals surface area contributed by atoms with Gasteiger partial charge >= 0.3 is 0 Å². The Hall–Kier alpha value is -0.260. The second kappa shape index (κ2) is 6.45. The van der Waals surface area contributed by atoms with E-state index in [9.17, 15) is 0 Å². The highest BCUT2D eigenvalue weighted by molar-refractivity contribution is 5.85. The zero-order valence-electron chi connectivity index (χ0n) is 6.68. The van der Waals surface area contributed by atoms with E-state index in [1.165, 1.54) is 25.8 Å². The minimum atomic E-state index is 0. The van der Waals surface area contributed by atoms with E-state index in [1.807, 2.05) is 0 Å². The summed E-state index contributed by atoms with van der Waals surface area (Å²) in [5.74, 6) is 0. The van der Waals surface area contributed by atoms with Gasteiger partial charge in [0, 0.05) is 12.5 Å². The lowest BCUT2D eigenvalue weighted by Crippen LogP contribution is -2.20. The monoisotopic (exact) mass is 174 g/mol. The lowest BCUT2D eigenvalue weighted by molar-refractivity contribution is 0.540. The highest BCUT2D eigenvalue weighted by Crippen LogP contribution is 2.11. The Kier molecular flexibility index (Phi) is 6.30. The largest absolute Gasteiger partial charge is 0.314 e. The third-order valence-electron chi connectivity index (χ3n) is 2.00. The quantitative estimate of drug-likeness (QED) is 0.663. The number of nitrogens with one attached hydrogen (secondary N) is 1. The van der Waals surface area contributed by atoms with Gasteiger partial charge in [-0.1, -0.05) is 0 Å². The van der Waals surface area contributed by atoms with E-state index in [0.29, 0.717) is 6.04 Å². The van der Waals surface area contributed by atoms with Crippen LogP contribution in [0.3, 0.4) is 0 Å². The van der Waals surface area contributed by atoms with Crippen molar-refractivity contribution >= 4 is 12.4 Å². The molecule has 0 bridgehead atoms. The molecular weight excluding hydrogens is 160 g/mol. The molecule has 1 heterocycles. The standard InChI is InChI=1S/C8H14N2.ClH/c9-6-2-1-4-8-5-3-7-10-8;/h8,10H,1-5,7H2;1H. The average molecular weight is 175 g/mol. The first-order chi connectivity index (χ1) is 4.93. The zero-order valence-corrected chi connectivity index (χ0v) is 7.49. The first kappa shape index (κ1) is 10.7. The van der Waals surface area contributed by atoms with Gasteiger partial charge in [-0.3, -0.25) is 0 Å². The molecule has 1 rings (SSSR count). The summed E-state index contributed by atoms with van der Waals surface area (Å²) < 4.78 is 0. The Bertz CT molecular complexity index is 125. The van der Waals surface area contributed by atoms with E-state index in [4.69, 9.17) is 5.26 Å². The predicted molar refractivity (Wildman–Crippen MR) is 47.7 cm³/mol. The van der Waals surface area contributed by atoms with E-state index >= 15 is 0 Å². The molecule has 1 aliphatic rings. The van der Waals surface area contributed by atoms with Crippen molar-refractivity contribution < 1.29 is 0 Å². The van der Waals surface area contributed by atoms with Crippen molar-refractivity contribution in [2.45, 2.75) is 38.1 Å². The van der Waals surface area contributed by atoms with Gasteiger partial charge in [-0.2, -0.15) is 5.26 Å². The first-order valence-corrected chi connectivity index (χ1v) is 4.04. The van der Waals surface area contributed by atoms with Crippen molar-refractivity contribution in [2.75, 3.05) is 6.54 Å². The van der Waals surface area contributed by atoms with Gasteiger partial charge in [0.1, 0.15) is 0 Å². The number of halogens is 1. The minimum absolute atomic E-state index is 0. The van der Waals surface area contributed by atoms with Gasteiger partial charge in [-0.25, -0.2) is 0 Å². The van der Waals surface area contributed by atoms with Crippen molar-refractivity contribution in [2.24, 2.45) is 0 Å². The van der Waals surface area contributed by atoms with Crippen LogP contribution in [0.4, 0.5) is 0 Å². The minimum Gasteiger partial charge on any atom is -0.314 e. The van der Waals surface area contributed by atoms with Gasteiger partial charge in [0.15, 0.2) is 0 Å². The number of nitriles is 1. The van der Waals surface area contributed by atoms with Crippen LogP contribution in [0.5, 0.6) is 0 Å². The summed E-state index contributed by atoms with van der Waals surface area (Å²) in [7, 11) is 0. The van der Waals surface area contributed by atoms with Gasteiger partial charge in [0.05, 0.1) is 6.07 Å². The van der Waals surface area contributed by atoms with Crippen LogP contribution in [-0.2, 0) is 0 Å². The fourth-order valence-corrected chi connectivity index (χ4v) is 1.43. The number of nitrogens with zero attached hydrogens (tertiary/aromatic N) is 1. The molecule has 1 saturated heterocycles. The van der Waals surface area contributed by atoms with E-state index in [1.54, 1.807) is 0 Å². The van der Waals surface area contributed by atoms with Crippen LogP contribution in [0.2, 0.25) is 0 Å². The van der Waals surface area contributed by atoms with E-state index in [0.717, 1.165) is 12.8 Å². The molecule has 2 nitrogen and oxygen atoms in total. The summed E-state index contributed by atoms with van der Waals surface area (Å²) in [4.78, 5) is 0. The summed E-state index contributed by atoms with van der Waals surface area (Å²) in [5.41, 5.74) is 0. The third-order valence-corrected chi connectivity index (χ3v) is 2.00. The molecule has 0 aliphatic carbocycles. The molecule has 0 amide bonds. The molecule has 0 aromatic carbocycles. The summed E-state index contributed by atoms with van der Waals surface area (Å²) >= 11 is 0. The Labute approximate surface area is 74.4 Å². The number of hydrogen-bond donors (Lipinski definition) is 1. The van der Waals surface area contributed by atoms with Crippen LogP contribution in [0, 0.1) is 11.3 Å². The van der Waals surface area contributed by atoms with E-state index in [-0.39, 0.29) is 12.4 Å². The fourth-order valence-electron chi connectivity index (χ4n) is 1.43. The smallest absolute Gasteiger partial charge is 0.0621 e. The lowest BCUT2D eigenvalue weighted by Gasteiger charge is -2.06. The molecule has 0 spiro atoms. The van der Waals surface area contributed by atoms with Crippen molar-refractivity contribution in [3.05, 3.63) is 0 Å². The van der Waals surface area contributed by atoms with Gasteiger partial charge < -0.3 is 5.32 Å². The highest BCUT2D eigenvalue weighted by atomic mass is 35.5. The number of unbranched alkanes of at least 4 members (excludes halogenated alkanes) is 1. The molecule has 1 aliphatic heterocycles. The normalized spacial score (nSPS) is 22.3. The predicted octanol–water partition coefficient (Wildman–Crippen LogP) is 1.85. The van der Waals surface area contributed by atoms with E-state index in [2.05, 4.69) is 11.4 Å². The Balaban J connectivity index is 0.000001000. The average Bonchev–Trinajstić information content (AvgIpc) is 2.41. The third kappa shape index (κ3) is 4.23. The molecule has 0 aromatic heterocycles. The molecule has 3 heteroatoms. The Morgan fingerprint density at radius 3 is 2.91 bits per heavy atom. The molecule has 1 fully saturated rings. The molecule has 0 saturated carbocycles. The molecule has 1 atom stereocenters. The van der Waals surface area contributed by atoms with E-state index < -0.39 is 0 Å². The van der Waals surface area contributed by atoms with Crippen LogP contribution < -0.4 is 5.32 Å². The van der Waals surface area contributed by atoms with Gasteiger partial charge in [0.25, 0.3) is 0 Å². The molecule has 1 unspecified atom stereocenters. The lowest BCUT2D eigenvalue weighted by atomic mass is 10.1. The maximum atomic E-state index is 8.27. The fraction of sp³-hybridized carbons (Fsp3) is 0.875. The second-order valence-corrected chi connectivity index (χ2v) is 2.84. The molecule has 64 valence electrons. The van der Waals surface area contributed by atoms with Crippen molar-refractivity contribution in [1.29, 1.82) is 5.26 Å². The maximum absolute atomic E-state index is 8.27. The van der Waals surface area contributed by atoms with Crippen LogP contribution in [-0.4, -0.2) is 12.6 Å². The first-order valence-electron chi connectivity index (χ1n) is 4.04. The number of rotatable bonds is 3. The van der Waals surface area contributed by atoms with Crippen LogP contribution in [0.15, 0.2) is 0 Å². The summed E-state index contributed by atoms with van der Waals surface area (Å²) in [6.07, 6.45) is 5.60. The molecule has 0 radical (unpaired) electrons. The highest BCUT2D eigenvalue weighted by Gasteiger charge is 2.12. The maximum Gasteiger partial charge on any atom is 0.0621 e. The van der Waals surface area contributed by atoms with Crippen LogP contribution >= 0.6 is 12.4 Å². The van der Waals surface area contributed by atoms with Crippen molar-refractivity contribution in [3.8, 4) is 6.07 Å². The van der Waals surface area contributed by atoms with Gasteiger partial charge in [0.2, 0.25) is 0 Å². The SMILES string of the molecule is Cl.N#CCCCC1CCCN1. The summed E-state index contributed by atoms with van der Waals surface area (Å²) in [5, 5.41) is 11.7. The van der Waals surface area contributed by atoms with Crippen LogP contribution in [0.25, 0.3) is 0 Å². The molecule has 1 N–H and O–H groups in total. The number of hydrogen-bond acceptors (Lipinski definition) is 2. The summed E-state index contributed by atoms with van der Waals surface area (Å²) in [6.45, 7) is 1.18. The molecular formula is C8H15ClN2. The molecule has 0 aromatic rings. The topological polar surface area (TPSA) is 35.8 Å². The zero-order chi connectivity index (χ0) is 7.23. The summed E-state index contributed by atoms with van der Waals surface area (Å²) in [6, 6.07) is 2.88. The van der Waals surface area contributed by atoms with Gasteiger partial charge in [-0.05, 0) is 32.2 Å². The Morgan fingerprint density at radius 2 is 2.36 bits per heavy atom. The van der Waals surface area contributed by atoms with Crippen molar-refractivity contribution in [1.82, 2.24) is 5.32 Å². The van der Waals surface area contributed by atoms with Crippen LogP contribution in [0.1, 0.15) is 32.1 Å². The second-order valence-electron chi connectivity index (χ2n) is 2.84. The van der Waals surface area contributed by atoms with Crippen molar-refractivity contribution in [3.63, 3.8) is 0 Å². The van der Waals surface area contributed by atoms with Gasteiger partial charge in [-0.15, -0.1) is 12.4 Å². The molecule has 11 heavy (non-hydrogen) atoms. The Morgan fingerprint density at radius 1 is 1.55 bits per heavy atom.